The number of rotatable bonds is 0. The van der Waals surface area contributed by atoms with Gasteiger partial charge in [0, 0.05) is 12.3 Å². The molecule has 0 saturated heterocycles. The molecule has 0 amide bonds. The quantitative estimate of drug-likeness (QED) is 0.703. The average Bonchev–Trinajstić information content (AvgIpc) is 2.35. The third-order valence-corrected chi connectivity index (χ3v) is 2.17. The zero-order valence-corrected chi connectivity index (χ0v) is 7.23. The van der Waals surface area contributed by atoms with Crippen molar-refractivity contribution in [1.29, 1.82) is 0 Å². The van der Waals surface area contributed by atoms with E-state index < -0.39 is 0 Å². The van der Waals surface area contributed by atoms with Gasteiger partial charge in [-0.15, -0.1) is 0 Å². The molecular weight excluding hydrogens is 201 g/mol. The minimum atomic E-state index is -0.330. The van der Waals surface area contributed by atoms with Crippen LogP contribution in [0.3, 0.4) is 0 Å². The molecule has 0 fully saturated rings. The van der Waals surface area contributed by atoms with E-state index in [0.717, 1.165) is 0 Å². The van der Waals surface area contributed by atoms with Crippen LogP contribution >= 0.6 is 23.2 Å². The second-order valence-electron chi connectivity index (χ2n) is 2.23. The SMILES string of the molecule is O=c1[nH]nc2cc(Cl)c(Cl)cn12. The lowest BCUT2D eigenvalue weighted by molar-refractivity contribution is 1.02. The van der Waals surface area contributed by atoms with E-state index in [0.29, 0.717) is 15.7 Å². The van der Waals surface area contributed by atoms with Crippen molar-refractivity contribution < 1.29 is 0 Å². The number of aromatic nitrogens is 3. The topological polar surface area (TPSA) is 50.2 Å². The van der Waals surface area contributed by atoms with Crippen LogP contribution in [0.15, 0.2) is 17.1 Å². The third-order valence-electron chi connectivity index (χ3n) is 1.46. The first-order valence-corrected chi connectivity index (χ1v) is 3.86. The molecule has 0 unspecified atom stereocenters. The predicted octanol–water partition coefficient (Wildman–Crippen LogP) is 1.33. The lowest BCUT2D eigenvalue weighted by Gasteiger charge is -1.94. The Balaban J connectivity index is 2.97. The Morgan fingerprint density at radius 2 is 2.17 bits per heavy atom. The number of H-pyrrole nitrogens is 1. The molecule has 6 heteroatoms. The predicted molar refractivity (Wildman–Crippen MR) is 45.8 cm³/mol. The summed E-state index contributed by atoms with van der Waals surface area (Å²) in [7, 11) is 0. The largest absolute Gasteiger partial charge is 0.347 e. The molecule has 2 aromatic rings. The second kappa shape index (κ2) is 2.50. The van der Waals surface area contributed by atoms with Crippen molar-refractivity contribution in [3.63, 3.8) is 0 Å². The maximum absolute atomic E-state index is 11.0. The van der Waals surface area contributed by atoms with Crippen molar-refractivity contribution in [3.05, 3.63) is 32.8 Å². The van der Waals surface area contributed by atoms with Crippen LogP contribution in [-0.4, -0.2) is 14.6 Å². The molecule has 0 spiro atoms. The summed E-state index contributed by atoms with van der Waals surface area (Å²) in [5.74, 6) is 0. The molecule has 2 aromatic heterocycles. The molecule has 0 saturated carbocycles. The Kier molecular flexibility index (Phi) is 1.59. The van der Waals surface area contributed by atoms with Crippen molar-refractivity contribution in [3.8, 4) is 0 Å². The van der Waals surface area contributed by atoms with E-state index in [9.17, 15) is 4.79 Å². The van der Waals surface area contributed by atoms with Crippen molar-refractivity contribution in [2.45, 2.75) is 0 Å². The summed E-state index contributed by atoms with van der Waals surface area (Å²) in [6, 6.07) is 1.52. The van der Waals surface area contributed by atoms with Gasteiger partial charge in [-0.3, -0.25) is 0 Å². The molecule has 12 heavy (non-hydrogen) atoms. The first-order valence-electron chi connectivity index (χ1n) is 3.10. The second-order valence-corrected chi connectivity index (χ2v) is 3.04. The molecule has 1 N–H and O–H groups in total. The van der Waals surface area contributed by atoms with Crippen molar-refractivity contribution in [1.82, 2.24) is 14.6 Å². The molecule has 0 aliphatic heterocycles. The minimum absolute atomic E-state index is 0.327. The Bertz CT molecular complexity index is 487. The van der Waals surface area contributed by atoms with Gasteiger partial charge in [-0.05, 0) is 0 Å². The molecule has 0 bridgehead atoms. The first-order chi connectivity index (χ1) is 5.68. The summed E-state index contributed by atoms with van der Waals surface area (Å²) < 4.78 is 1.29. The van der Waals surface area contributed by atoms with E-state index in [-0.39, 0.29) is 5.69 Å². The Labute approximate surface area is 76.7 Å². The third kappa shape index (κ3) is 1.00. The first kappa shape index (κ1) is 7.64. The standard InChI is InChI=1S/C6H3Cl2N3O/c7-3-1-5-9-10-6(12)11(5)2-4(3)8/h1-2H,(H,10,12). The molecule has 62 valence electrons. The van der Waals surface area contributed by atoms with Crippen molar-refractivity contribution in [2.24, 2.45) is 0 Å². The zero-order valence-electron chi connectivity index (χ0n) is 5.71. The van der Waals surface area contributed by atoms with E-state index >= 15 is 0 Å². The lowest BCUT2D eigenvalue weighted by Crippen LogP contribution is -2.08. The Morgan fingerprint density at radius 3 is 2.92 bits per heavy atom. The fourth-order valence-corrected chi connectivity index (χ4v) is 1.20. The van der Waals surface area contributed by atoms with Crippen LogP contribution < -0.4 is 5.69 Å². The van der Waals surface area contributed by atoms with Gasteiger partial charge in [0.25, 0.3) is 0 Å². The molecule has 0 radical (unpaired) electrons. The summed E-state index contributed by atoms with van der Waals surface area (Å²) in [5.41, 5.74) is 0.123. The smallest absolute Gasteiger partial charge is 0.249 e. The number of nitrogens with one attached hydrogen (secondary N) is 1. The van der Waals surface area contributed by atoms with Crippen LogP contribution in [-0.2, 0) is 0 Å². The van der Waals surface area contributed by atoms with E-state index in [1.807, 2.05) is 0 Å². The van der Waals surface area contributed by atoms with Crippen molar-refractivity contribution >= 4 is 28.8 Å². The lowest BCUT2D eigenvalue weighted by atomic mass is 10.5. The van der Waals surface area contributed by atoms with Gasteiger partial charge in [-0.2, -0.15) is 5.10 Å². The maximum atomic E-state index is 11.0. The molecule has 0 aromatic carbocycles. The van der Waals surface area contributed by atoms with Gasteiger partial charge in [-0.25, -0.2) is 14.3 Å². The average molecular weight is 204 g/mol. The van der Waals surface area contributed by atoms with E-state index in [1.165, 1.54) is 16.7 Å². The Morgan fingerprint density at radius 1 is 1.42 bits per heavy atom. The molecule has 0 atom stereocenters. The summed E-state index contributed by atoms with van der Waals surface area (Å²) >= 11 is 11.4. The van der Waals surface area contributed by atoms with E-state index in [2.05, 4.69) is 10.2 Å². The summed E-state index contributed by atoms with van der Waals surface area (Å²) in [4.78, 5) is 11.0. The number of fused-ring (bicyclic) bond motifs is 1. The van der Waals surface area contributed by atoms with Gasteiger partial charge in [0.05, 0.1) is 10.0 Å². The molecule has 0 aliphatic rings. The number of pyridine rings is 1. The highest BCUT2D eigenvalue weighted by Crippen LogP contribution is 2.21. The van der Waals surface area contributed by atoms with Gasteiger partial charge < -0.3 is 0 Å². The zero-order chi connectivity index (χ0) is 8.72. The number of hydrogen-bond donors (Lipinski definition) is 1. The van der Waals surface area contributed by atoms with Crippen LogP contribution in [0.4, 0.5) is 0 Å². The van der Waals surface area contributed by atoms with Gasteiger partial charge in [-0.1, -0.05) is 23.2 Å². The highest BCUT2D eigenvalue weighted by atomic mass is 35.5. The summed E-state index contributed by atoms with van der Waals surface area (Å²) in [5, 5.41) is 6.68. The molecule has 0 aliphatic carbocycles. The summed E-state index contributed by atoms with van der Waals surface area (Å²) in [6.45, 7) is 0. The van der Waals surface area contributed by atoms with Crippen LogP contribution in [0, 0.1) is 0 Å². The van der Waals surface area contributed by atoms with Crippen LogP contribution in [0.2, 0.25) is 10.0 Å². The van der Waals surface area contributed by atoms with Gasteiger partial charge in [0.15, 0.2) is 5.65 Å². The van der Waals surface area contributed by atoms with Crippen molar-refractivity contribution in [2.75, 3.05) is 0 Å². The molecule has 2 heterocycles. The maximum Gasteiger partial charge on any atom is 0.347 e. The normalized spacial score (nSPS) is 10.8. The monoisotopic (exact) mass is 203 g/mol. The number of nitrogens with zero attached hydrogens (tertiary/aromatic N) is 2. The molecule has 4 nitrogen and oxygen atoms in total. The van der Waals surface area contributed by atoms with Gasteiger partial charge in [0.2, 0.25) is 0 Å². The van der Waals surface area contributed by atoms with Crippen LogP contribution in [0.5, 0.6) is 0 Å². The molecule has 2 rings (SSSR count). The highest BCUT2D eigenvalue weighted by molar-refractivity contribution is 6.42. The van der Waals surface area contributed by atoms with E-state index in [1.54, 1.807) is 0 Å². The Hall–Kier alpha value is -1.00. The van der Waals surface area contributed by atoms with Gasteiger partial charge >= 0.3 is 5.69 Å². The number of hydrogen-bond acceptors (Lipinski definition) is 2. The van der Waals surface area contributed by atoms with E-state index in [4.69, 9.17) is 23.2 Å². The molecular formula is C6H3Cl2N3O. The minimum Gasteiger partial charge on any atom is -0.249 e. The fraction of sp³-hybridized carbons (Fsp3) is 0. The number of halogens is 2. The number of aromatic amines is 1. The van der Waals surface area contributed by atoms with Crippen LogP contribution in [0.1, 0.15) is 0 Å². The van der Waals surface area contributed by atoms with Gasteiger partial charge in [0.1, 0.15) is 0 Å². The summed E-state index contributed by atoms with van der Waals surface area (Å²) in [6.07, 6.45) is 1.42. The highest BCUT2D eigenvalue weighted by Gasteiger charge is 2.03. The fourth-order valence-electron chi connectivity index (χ4n) is 0.901. The van der Waals surface area contributed by atoms with Crippen LogP contribution in [0.25, 0.3) is 5.65 Å².